The monoisotopic (exact) mass is 334 g/mol. The van der Waals surface area contributed by atoms with E-state index in [0.717, 1.165) is 22.4 Å². The van der Waals surface area contributed by atoms with Crippen molar-refractivity contribution < 1.29 is 0 Å². The zero-order valence-electron chi connectivity index (χ0n) is 13.5. The number of rotatable bonds is 5. The van der Waals surface area contributed by atoms with Crippen molar-refractivity contribution in [1.29, 1.82) is 0 Å². The molecule has 1 heterocycles. The van der Waals surface area contributed by atoms with Gasteiger partial charge in [-0.1, -0.05) is 60.8 Å². The van der Waals surface area contributed by atoms with Gasteiger partial charge >= 0.3 is 0 Å². The lowest BCUT2D eigenvalue weighted by Gasteiger charge is -2.08. The van der Waals surface area contributed by atoms with Crippen molar-refractivity contribution in [2.75, 3.05) is 0 Å². The molecule has 4 heteroatoms. The summed E-state index contributed by atoms with van der Waals surface area (Å²) in [5, 5.41) is 0.506. The molecule has 0 atom stereocenters. The van der Waals surface area contributed by atoms with Gasteiger partial charge in [-0.2, -0.15) is 0 Å². The smallest absolute Gasteiger partial charge is 0.280 e. The summed E-state index contributed by atoms with van der Waals surface area (Å²) in [6.45, 7) is 5.76. The fourth-order valence-corrected chi connectivity index (χ4v) is 3.23. The number of aromatic nitrogens is 2. The van der Waals surface area contributed by atoms with Crippen LogP contribution in [0.4, 0.5) is 0 Å². The second-order valence-electron chi connectivity index (χ2n) is 5.48. The molecule has 0 aliphatic carbocycles. The van der Waals surface area contributed by atoms with Gasteiger partial charge in [0.1, 0.15) is 0 Å². The lowest BCUT2D eigenvalue weighted by atomic mass is 10.1. The second kappa shape index (κ2) is 7.32. The Balaban J connectivity index is 1.82. The van der Waals surface area contributed by atoms with Gasteiger partial charge in [-0.3, -0.25) is 9.36 Å². The number of aryl methyl sites for hydroxylation is 1. The predicted octanol–water partition coefficient (Wildman–Crippen LogP) is 4.48. The maximum absolute atomic E-state index is 12.7. The van der Waals surface area contributed by atoms with E-state index in [1.54, 1.807) is 17.0 Å². The third-order valence-corrected chi connectivity index (χ3v) is 4.71. The molecule has 0 amide bonds. The van der Waals surface area contributed by atoms with Gasteiger partial charge in [0.05, 0.1) is 0 Å². The molecule has 0 saturated carbocycles. The van der Waals surface area contributed by atoms with E-state index in [-0.39, 0.29) is 5.56 Å². The van der Waals surface area contributed by atoms with E-state index in [1.165, 1.54) is 11.8 Å². The molecule has 0 aliphatic heterocycles. The molecule has 0 radical (unpaired) electrons. The number of hydrogen-bond donors (Lipinski definition) is 0. The Labute approximate surface area is 145 Å². The lowest BCUT2D eigenvalue weighted by molar-refractivity contribution is 0.881. The molecule has 24 heavy (non-hydrogen) atoms. The van der Waals surface area contributed by atoms with E-state index in [4.69, 9.17) is 0 Å². The molecule has 3 aromatic rings. The first-order valence-corrected chi connectivity index (χ1v) is 8.65. The van der Waals surface area contributed by atoms with Gasteiger partial charge in [0.15, 0.2) is 5.03 Å². The van der Waals surface area contributed by atoms with Gasteiger partial charge in [0, 0.05) is 23.8 Å². The van der Waals surface area contributed by atoms with Crippen molar-refractivity contribution in [2.45, 2.75) is 17.7 Å². The molecule has 1 aromatic heterocycles. The topological polar surface area (TPSA) is 34.9 Å². The number of thioether (sulfide) groups is 1. The van der Waals surface area contributed by atoms with Crippen molar-refractivity contribution in [3.63, 3.8) is 0 Å². The summed E-state index contributed by atoms with van der Waals surface area (Å²) in [6.07, 6.45) is 5.20. The summed E-state index contributed by atoms with van der Waals surface area (Å²) in [6, 6.07) is 16.0. The van der Waals surface area contributed by atoms with E-state index < -0.39 is 0 Å². The van der Waals surface area contributed by atoms with E-state index in [0.29, 0.717) is 10.8 Å². The van der Waals surface area contributed by atoms with Gasteiger partial charge in [-0.05, 0) is 35.7 Å². The molecule has 0 bridgehead atoms. The van der Waals surface area contributed by atoms with Crippen LogP contribution in [0.3, 0.4) is 0 Å². The fraction of sp³-hybridized carbons (Fsp3) is 0.100. The van der Waals surface area contributed by atoms with Crippen LogP contribution in [0.1, 0.15) is 16.7 Å². The van der Waals surface area contributed by atoms with E-state index in [9.17, 15) is 4.79 Å². The fourth-order valence-electron chi connectivity index (χ4n) is 2.38. The van der Waals surface area contributed by atoms with Crippen LogP contribution >= 0.6 is 11.8 Å². The van der Waals surface area contributed by atoms with Crippen LogP contribution in [0.25, 0.3) is 11.8 Å². The van der Waals surface area contributed by atoms with Crippen LogP contribution in [0.15, 0.2) is 77.3 Å². The molecule has 120 valence electrons. The van der Waals surface area contributed by atoms with Crippen LogP contribution in [0.5, 0.6) is 0 Å². The summed E-state index contributed by atoms with van der Waals surface area (Å²) in [5.41, 5.74) is 4.13. The zero-order valence-corrected chi connectivity index (χ0v) is 14.3. The highest BCUT2D eigenvalue weighted by Crippen LogP contribution is 2.19. The normalized spacial score (nSPS) is 10.5. The van der Waals surface area contributed by atoms with Crippen LogP contribution in [-0.2, 0) is 5.75 Å². The van der Waals surface area contributed by atoms with Crippen molar-refractivity contribution in [1.82, 2.24) is 9.55 Å². The first-order chi connectivity index (χ1) is 11.7. The van der Waals surface area contributed by atoms with E-state index in [1.807, 2.05) is 61.5 Å². The first kappa shape index (κ1) is 16.3. The summed E-state index contributed by atoms with van der Waals surface area (Å²) < 4.78 is 1.64. The lowest BCUT2D eigenvalue weighted by Crippen LogP contribution is -2.20. The molecule has 0 saturated heterocycles. The number of hydrogen-bond acceptors (Lipinski definition) is 3. The van der Waals surface area contributed by atoms with Crippen LogP contribution in [0, 0.1) is 6.92 Å². The van der Waals surface area contributed by atoms with E-state index >= 15 is 0 Å². The van der Waals surface area contributed by atoms with E-state index in [2.05, 4.69) is 11.6 Å². The highest BCUT2D eigenvalue weighted by Gasteiger charge is 2.07. The highest BCUT2D eigenvalue weighted by molar-refractivity contribution is 7.98. The second-order valence-corrected chi connectivity index (χ2v) is 6.44. The average molecular weight is 334 g/mol. The van der Waals surface area contributed by atoms with Gasteiger partial charge in [0.25, 0.3) is 5.56 Å². The molecular weight excluding hydrogens is 316 g/mol. The minimum atomic E-state index is -0.0872. The minimum absolute atomic E-state index is 0.0872. The summed E-state index contributed by atoms with van der Waals surface area (Å²) in [5.74, 6) is 0.706. The predicted molar refractivity (Wildman–Crippen MR) is 101 cm³/mol. The largest absolute Gasteiger partial charge is 0.287 e. The molecule has 0 spiro atoms. The molecule has 0 fully saturated rings. The zero-order chi connectivity index (χ0) is 16.9. The summed E-state index contributed by atoms with van der Waals surface area (Å²) >= 11 is 1.46. The van der Waals surface area contributed by atoms with Crippen molar-refractivity contribution in [3.05, 3.63) is 94.5 Å². The summed E-state index contributed by atoms with van der Waals surface area (Å²) in [4.78, 5) is 16.9. The Morgan fingerprint density at radius 2 is 2.00 bits per heavy atom. The maximum atomic E-state index is 12.7. The standard InChI is InChI=1S/C20H18N2OS/c1-3-16-7-9-17(10-8-16)14-24-19-20(23)22(12-11-21-19)18-6-4-5-15(2)13-18/h3-13H,1,14H2,2H3. The summed E-state index contributed by atoms with van der Waals surface area (Å²) in [7, 11) is 0. The third kappa shape index (κ3) is 3.66. The number of benzene rings is 2. The Bertz CT molecular complexity index is 913. The Morgan fingerprint density at radius 1 is 1.21 bits per heavy atom. The average Bonchev–Trinajstić information content (AvgIpc) is 2.61. The van der Waals surface area contributed by atoms with Crippen LogP contribution < -0.4 is 5.56 Å². The van der Waals surface area contributed by atoms with Crippen LogP contribution in [-0.4, -0.2) is 9.55 Å². The molecule has 0 aliphatic rings. The Hall–Kier alpha value is -2.59. The Kier molecular flexibility index (Phi) is 4.96. The molecule has 3 rings (SSSR count). The third-order valence-electron chi connectivity index (χ3n) is 3.68. The van der Waals surface area contributed by atoms with Gasteiger partial charge in [-0.25, -0.2) is 4.98 Å². The molecular formula is C20H18N2OS. The van der Waals surface area contributed by atoms with Crippen LogP contribution in [0.2, 0.25) is 0 Å². The quantitative estimate of drug-likeness (QED) is 0.646. The van der Waals surface area contributed by atoms with Crippen molar-refractivity contribution >= 4 is 17.8 Å². The van der Waals surface area contributed by atoms with Crippen molar-refractivity contribution in [3.8, 4) is 5.69 Å². The van der Waals surface area contributed by atoms with Gasteiger partial charge in [-0.15, -0.1) is 0 Å². The maximum Gasteiger partial charge on any atom is 0.287 e. The molecule has 3 nitrogen and oxygen atoms in total. The van der Waals surface area contributed by atoms with Gasteiger partial charge in [0.2, 0.25) is 0 Å². The highest BCUT2D eigenvalue weighted by atomic mass is 32.2. The minimum Gasteiger partial charge on any atom is -0.280 e. The van der Waals surface area contributed by atoms with Gasteiger partial charge < -0.3 is 0 Å². The SMILES string of the molecule is C=Cc1ccc(CSc2nccn(-c3cccc(C)c3)c2=O)cc1. The first-order valence-electron chi connectivity index (χ1n) is 7.66. The molecule has 0 unspecified atom stereocenters. The number of nitrogens with zero attached hydrogens (tertiary/aromatic N) is 2. The molecule has 2 aromatic carbocycles. The van der Waals surface area contributed by atoms with Crippen molar-refractivity contribution in [2.24, 2.45) is 0 Å². The molecule has 0 N–H and O–H groups in total. The Morgan fingerprint density at radius 3 is 2.71 bits per heavy atom.